The van der Waals surface area contributed by atoms with E-state index >= 15 is 0 Å². The normalized spacial score (nSPS) is 26.5. The van der Waals surface area contributed by atoms with Crippen molar-refractivity contribution in [3.05, 3.63) is 11.6 Å². The number of hydrogen-bond donors (Lipinski definition) is 1. The highest BCUT2D eigenvalue weighted by atomic mass is 16.6. The molecule has 0 aromatic carbocycles. The molecule has 0 aromatic heterocycles. The quantitative estimate of drug-likeness (QED) is 0.734. The maximum absolute atomic E-state index is 10.0. The average Bonchev–Trinajstić information content (AvgIpc) is 3.05. The Bertz CT molecular complexity index is 447. The second-order valence-electron chi connectivity index (χ2n) is 5.91. The van der Waals surface area contributed by atoms with Crippen molar-refractivity contribution in [2.45, 2.75) is 57.8 Å². The van der Waals surface area contributed by atoms with Crippen molar-refractivity contribution in [3.8, 4) is 6.07 Å². The van der Waals surface area contributed by atoms with Gasteiger partial charge in [-0.3, -0.25) is 4.99 Å². The van der Waals surface area contributed by atoms with Gasteiger partial charge >= 0.3 is 0 Å². The zero-order valence-electron chi connectivity index (χ0n) is 13.3. The molecule has 5 nitrogen and oxygen atoms in total. The van der Waals surface area contributed by atoms with E-state index in [4.69, 9.17) is 9.47 Å². The van der Waals surface area contributed by atoms with Gasteiger partial charge in [-0.15, -0.1) is 0 Å². The van der Waals surface area contributed by atoms with Crippen molar-refractivity contribution >= 4 is 5.71 Å². The number of allylic oxidation sites excluding steroid dienone is 1. The number of aliphatic imine (C=N–C) groups is 1. The predicted molar refractivity (Wildman–Crippen MR) is 84.6 cm³/mol. The van der Waals surface area contributed by atoms with Crippen LogP contribution < -0.4 is 0 Å². The minimum atomic E-state index is -1.05. The fraction of sp³-hybridized carbons (Fsp3) is 0.765. The number of aliphatic hydroxyl groups excluding tert-OH is 1. The van der Waals surface area contributed by atoms with Crippen molar-refractivity contribution in [1.29, 1.82) is 5.26 Å². The summed E-state index contributed by atoms with van der Waals surface area (Å²) in [4.78, 5) is 4.64. The Kier molecular flexibility index (Phi) is 7.04. The van der Waals surface area contributed by atoms with Gasteiger partial charge in [-0.1, -0.05) is 6.92 Å². The van der Waals surface area contributed by atoms with E-state index < -0.39 is 12.2 Å². The molecule has 0 spiro atoms. The third kappa shape index (κ3) is 4.91. The number of aliphatic hydroxyl groups is 1. The van der Waals surface area contributed by atoms with E-state index in [0.29, 0.717) is 13.2 Å². The Hall–Kier alpha value is -1.22. The number of hydrogen-bond acceptors (Lipinski definition) is 5. The molecule has 3 unspecified atom stereocenters. The van der Waals surface area contributed by atoms with Gasteiger partial charge in [-0.25, -0.2) is 0 Å². The molecule has 2 rings (SSSR count). The average molecular weight is 306 g/mol. The predicted octanol–water partition coefficient (Wildman–Crippen LogP) is 2.60. The van der Waals surface area contributed by atoms with E-state index in [9.17, 15) is 10.4 Å². The molecular formula is C17H26N2O3. The summed E-state index contributed by atoms with van der Waals surface area (Å²) in [6.45, 7) is 3.98. The van der Waals surface area contributed by atoms with Gasteiger partial charge in [-0.05, 0) is 50.2 Å². The van der Waals surface area contributed by atoms with Crippen LogP contribution in [0.1, 0.15) is 45.4 Å². The van der Waals surface area contributed by atoms with E-state index in [2.05, 4.69) is 11.1 Å². The lowest BCUT2D eigenvalue weighted by molar-refractivity contribution is -0.114. The van der Waals surface area contributed by atoms with E-state index in [1.54, 1.807) is 0 Å². The van der Waals surface area contributed by atoms with Crippen LogP contribution in [-0.4, -0.2) is 43.0 Å². The van der Waals surface area contributed by atoms with Crippen LogP contribution in [0.25, 0.3) is 0 Å². The molecule has 1 aliphatic heterocycles. The van der Waals surface area contributed by atoms with Crippen LogP contribution in [0.5, 0.6) is 0 Å². The molecule has 22 heavy (non-hydrogen) atoms. The zero-order valence-corrected chi connectivity index (χ0v) is 13.3. The fourth-order valence-corrected chi connectivity index (χ4v) is 2.87. The summed E-state index contributed by atoms with van der Waals surface area (Å²) in [5.41, 5.74) is 1.95. The first kappa shape index (κ1) is 17.1. The lowest BCUT2D eigenvalue weighted by Crippen LogP contribution is -2.26. The Morgan fingerprint density at radius 1 is 1.50 bits per heavy atom. The first-order chi connectivity index (χ1) is 10.7. The molecule has 0 aromatic rings. The minimum Gasteiger partial charge on any atom is -0.376 e. The first-order valence-corrected chi connectivity index (χ1v) is 8.29. The van der Waals surface area contributed by atoms with E-state index in [1.807, 2.05) is 13.0 Å². The molecule has 0 saturated carbocycles. The first-order valence-electron chi connectivity index (χ1n) is 8.29. The van der Waals surface area contributed by atoms with Crippen LogP contribution in [0.2, 0.25) is 0 Å². The second kappa shape index (κ2) is 9.04. The third-order valence-corrected chi connectivity index (χ3v) is 4.09. The van der Waals surface area contributed by atoms with Crippen LogP contribution in [0, 0.1) is 17.2 Å². The molecule has 0 radical (unpaired) electrons. The summed E-state index contributed by atoms with van der Waals surface area (Å²) in [6.07, 6.45) is 6.92. The summed E-state index contributed by atoms with van der Waals surface area (Å²) >= 11 is 0. The second-order valence-corrected chi connectivity index (χ2v) is 5.91. The van der Waals surface area contributed by atoms with Crippen molar-refractivity contribution in [2.24, 2.45) is 10.9 Å². The summed E-state index contributed by atoms with van der Waals surface area (Å²) in [7, 11) is 0. The Balaban J connectivity index is 1.98. The zero-order chi connectivity index (χ0) is 15.8. The molecule has 3 atom stereocenters. The number of nitrogens with zero attached hydrogens (tertiary/aromatic N) is 2. The van der Waals surface area contributed by atoms with Gasteiger partial charge in [0, 0.05) is 18.9 Å². The Labute approximate surface area is 132 Å². The molecule has 122 valence electrons. The van der Waals surface area contributed by atoms with Gasteiger partial charge < -0.3 is 14.6 Å². The molecular weight excluding hydrogens is 280 g/mol. The molecule has 0 bridgehead atoms. The topological polar surface area (TPSA) is 74.8 Å². The third-order valence-electron chi connectivity index (χ3n) is 4.09. The van der Waals surface area contributed by atoms with Crippen LogP contribution in [0.15, 0.2) is 16.6 Å². The van der Waals surface area contributed by atoms with Crippen molar-refractivity contribution in [2.75, 3.05) is 19.8 Å². The van der Waals surface area contributed by atoms with Crippen LogP contribution >= 0.6 is 0 Å². The van der Waals surface area contributed by atoms with Gasteiger partial charge in [0.05, 0.1) is 18.7 Å². The number of ether oxygens (including phenoxy) is 2. The number of nitriles is 1. The highest BCUT2D eigenvalue weighted by molar-refractivity contribution is 5.96. The van der Waals surface area contributed by atoms with Gasteiger partial charge in [0.15, 0.2) is 6.29 Å². The molecule has 1 heterocycles. The maximum Gasteiger partial charge on any atom is 0.174 e. The summed E-state index contributed by atoms with van der Waals surface area (Å²) < 4.78 is 10.9. The smallest absolute Gasteiger partial charge is 0.174 e. The van der Waals surface area contributed by atoms with E-state index in [1.165, 1.54) is 0 Å². The van der Waals surface area contributed by atoms with Crippen molar-refractivity contribution < 1.29 is 14.6 Å². The largest absolute Gasteiger partial charge is 0.376 e. The minimum absolute atomic E-state index is 0.247. The monoisotopic (exact) mass is 306 g/mol. The van der Waals surface area contributed by atoms with Crippen molar-refractivity contribution in [3.63, 3.8) is 0 Å². The van der Waals surface area contributed by atoms with Gasteiger partial charge in [0.25, 0.3) is 0 Å². The molecule has 1 N–H and O–H groups in total. The lowest BCUT2D eigenvalue weighted by atomic mass is 9.88. The van der Waals surface area contributed by atoms with E-state index in [-0.39, 0.29) is 6.10 Å². The summed E-state index contributed by atoms with van der Waals surface area (Å²) in [5, 5.41) is 19.4. The Morgan fingerprint density at radius 2 is 2.36 bits per heavy atom. The molecule has 2 aliphatic rings. The molecule has 0 amide bonds. The van der Waals surface area contributed by atoms with Gasteiger partial charge in [-0.2, -0.15) is 5.26 Å². The lowest BCUT2D eigenvalue weighted by Gasteiger charge is -2.23. The fourth-order valence-electron chi connectivity index (χ4n) is 2.87. The number of rotatable bonds is 7. The van der Waals surface area contributed by atoms with Crippen LogP contribution in [0.3, 0.4) is 0 Å². The Morgan fingerprint density at radius 3 is 3.05 bits per heavy atom. The molecule has 5 heteroatoms. The van der Waals surface area contributed by atoms with Gasteiger partial charge in [0.1, 0.15) is 5.92 Å². The molecule has 1 saturated heterocycles. The molecule has 1 aliphatic carbocycles. The highest BCUT2D eigenvalue weighted by Crippen LogP contribution is 2.26. The van der Waals surface area contributed by atoms with E-state index in [0.717, 1.165) is 56.4 Å². The highest BCUT2D eigenvalue weighted by Gasteiger charge is 2.26. The summed E-state index contributed by atoms with van der Waals surface area (Å²) in [6, 6.07) is 2.18. The molecule has 1 fully saturated rings. The van der Waals surface area contributed by atoms with Crippen molar-refractivity contribution in [1.82, 2.24) is 0 Å². The van der Waals surface area contributed by atoms with Crippen LogP contribution in [-0.2, 0) is 9.47 Å². The SMILES string of the molecule is CCCOC(O)C(C#N)C1=CC(=NCC2CCCO2)CCC1. The maximum atomic E-state index is 10.0. The standard InChI is InChI=1S/C17H26N2O3/c1-2-8-22-17(20)16(11-18)13-5-3-6-14(10-13)19-12-15-7-4-9-21-15/h10,15-17,20H,2-9,12H2,1H3. The van der Waals surface area contributed by atoms with Gasteiger partial charge in [0.2, 0.25) is 0 Å². The summed E-state index contributed by atoms with van der Waals surface area (Å²) in [5.74, 6) is -0.597. The van der Waals surface area contributed by atoms with Crippen LogP contribution in [0.4, 0.5) is 0 Å².